The predicted molar refractivity (Wildman–Crippen MR) is 64.6 cm³/mol. The first kappa shape index (κ1) is 11.9. The molecule has 0 aliphatic carbocycles. The molecular formula is C13H17NO3. The summed E-state index contributed by atoms with van der Waals surface area (Å²) in [6.07, 6.45) is 2.54. The lowest BCUT2D eigenvalue weighted by Crippen LogP contribution is -2.25. The number of carbonyl (C=O) groups is 1. The molecule has 0 saturated carbocycles. The normalized spacial score (nSPS) is 16.0. The molecule has 0 aromatic heterocycles. The molecule has 0 atom stereocenters. The molecule has 1 aliphatic heterocycles. The molecule has 1 fully saturated rings. The number of benzene rings is 1. The third-order valence-electron chi connectivity index (χ3n) is 2.96. The van der Waals surface area contributed by atoms with E-state index in [1.54, 1.807) is 24.3 Å². The molecule has 0 amide bonds. The van der Waals surface area contributed by atoms with E-state index in [2.05, 4.69) is 4.90 Å². The number of rotatable bonds is 5. The maximum Gasteiger partial charge on any atom is 0.335 e. The van der Waals surface area contributed by atoms with Gasteiger partial charge >= 0.3 is 5.97 Å². The molecule has 2 rings (SSSR count). The maximum absolute atomic E-state index is 10.8. The number of carboxylic acid groups (broad SMARTS) is 1. The minimum atomic E-state index is -0.921. The molecule has 4 nitrogen and oxygen atoms in total. The van der Waals surface area contributed by atoms with Gasteiger partial charge in [0.1, 0.15) is 12.4 Å². The molecule has 92 valence electrons. The van der Waals surface area contributed by atoms with Crippen molar-refractivity contribution in [1.29, 1.82) is 0 Å². The van der Waals surface area contributed by atoms with Crippen molar-refractivity contribution in [1.82, 2.24) is 4.90 Å². The van der Waals surface area contributed by atoms with Crippen molar-refractivity contribution in [2.24, 2.45) is 0 Å². The molecule has 1 N–H and O–H groups in total. The van der Waals surface area contributed by atoms with Crippen LogP contribution >= 0.6 is 0 Å². The first-order chi connectivity index (χ1) is 8.25. The lowest BCUT2D eigenvalue weighted by atomic mass is 10.2. The minimum Gasteiger partial charge on any atom is -0.492 e. The number of likely N-dealkylation sites (tertiary alicyclic amines) is 1. The second-order valence-corrected chi connectivity index (χ2v) is 4.23. The van der Waals surface area contributed by atoms with Gasteiger partial charge in [0.05, 0.1) is 5.56 Å². The maximum atomic E-state index is 10.8. The van der Waals surface area contributed by atoms with Gasteiger partial charge in [-0.05, 0) is 44.1 Å². The summed E-state index contributed by atoms with van der Waals surface area (Å²) in [6.45, 7) is 3.83. The Morgan fingerprint density at radius 3 is 2.82 bits per heavy atom. The van der Waals surface area contributed by atoms with Crippen molar-refractivity contribution in [3.05, 3.63) is 29.8 Å². The fraction of sp³-hybridized carbons (Fsp3) is 0.462. The number of ether oxygens (including phenoxy) is 1. The number of hydrogen-bond acceptors (Lipinski definition) is 3. The van der Waals surface area contributed by atoms with Crippen molar-refractivity contribution in [2.75, 3.05) is 26.2 Å². The van der Waals surface area contributed by atoms with Gasteiger partial charge in [0.2, 0.25) is 0 Å². The van der Waals surface area contributed by atoms with Crippen LogP contribution in [0.5, 0.6) is 5.75 Å². The Labute approximate surface area is 101 Å². The summed E-state index contributed by atoms with van der Waals surface area (Å²) in [5, 5.41) is 8.84. The monoisotopic (exact) mass is 235 g/mol. The van der Waals surface area contributed by atoms with Gasteiger partial charge < -0.3 is 9.84 Å². The highest BCUT2D eigenvalue weighted by Gasteiger charge is 2.11. The second kappa shape index (κ2) is 5.68. The van der Waals surface area contributed by atoms with Crippen LogP contribution in [0.2, 0.25) is 0 Å². The number of carboxylic acids is 1. The molecule has 0 unspecified atom stereocenters. The molecule has 1 aromatic carbocycles. The highest BCUT2D eigenvalue weighted by atomic mass is 16.5. The lowest BCUT2D eigenvalue weighted by molar-refractivity contribution is 0.0696. The summed E-state index contributed by atoms with van der Waals surface area (Å²) in [7, 11) is 0. The van der Waals surface area contributed by atoms with E-state index < -0.39 is 5.97 Å². The van der Waals surface area contributed by atoms with Crippen molar-refractivity contribution >= 4 is 5.97 Å². The first-order valence-corrected chi connectivity index (χ1v) is 5.94. The summed E-state index contributed by atoms with van der Waals surface area (Å²) >= 11 is 0. The Morgan fingerprint density at radius 2 is 2.12 bits per heavy atom. The van der Waals surface area contributed by atoms with Gasteiger partial charge in [0.15, 0.2) is 0 Å². The van der Waals surface area contributed by atoms with E-state index >= 15 is 0 Å². The van der Waals surface area contributed by atoms with Crippen molar-refractivity contribution in [3.63, 3.8) is 0 Å². The molecule has 17 heavy (non-hydrogen) atoms. The van der Waals surface area contributed by atoms with E-state index in [1.165, 1.54) is 12.8 Å². The van der Waals surface area contributed by atoms with Gasteiger partial charge in [-0.25, -0.2) is 4.79 Å². The van der Waals surface area contributed by atoms with Crippen molar-refractivity contribution < 1.29 is 14.6 Å². The van der Waals surface area contributed by atoms with E-state index in [1.807, 2.05) is 0 Å². The molecule has 0 radical (unpaired) electrons. The molecular weight excluding hydrogens is 218 g/mol. The van der Waals surface area contributed by atoms with Crippen LogP contribution < -0.4 is 4.74 Å². The predicted octanol–water partition coefficient (Wildman–Crippen LogP) is 1.86. The van der Waals surface area contributed by atoms with Gasteiger partial charge in [-0.2, -0.15) is 0 Å². The summed E-state index contributed by atoms with van der Waals surface area (Å²) in [6, 6.07) is 6.62. The summed E-state index contributed by atoms with van der Waals surface area (Å²) in [5.74, 6) is -0.293. The molecule has 0 spiro atoms. The van der Waals surface area contributed by atoms with Gasteiger partial charge in [0, 0.05) is 6.54 Å². The third kappa shape index (κ3) is 3.46. The van der Waals surface area contributed by atoms with Crippen LogP contribution in [0.1, 0.15) is 23.2 Å². The van der Waals surface area contributed by atoms with Crippen LogP contribution in [-0.4, -0.2) is 42.2 Å². The quantitative estimate of drug-likeness (QED) is 0.846. The summed E-state index contributed by atoms with van der Waals surface area (Å²) in [4.78, 5) is 13.1. The van der Waals surface area contributed by atoms with E-state index in [-0.39, 0.29) is 5.56 Å². The topological polar surface area (TPSA) is 49.8 Å². The third-order valence-corrected chi connectivity index (χ3v) is 2.96. The molecule has 1 aliphatic rings. The van der Waals surface area contributed by atoms with Crippen LogP contribution in [0.15, 0.2) is 24.3 Å². The Morgan fingerprint density at radius 1 is 1.35 bits per heavy atom. The van der Waals surface area contributed by atoms with Crippen LogP contribution in [0.3, 0.4) is 0 Å². The van der Waals surface area contributed by atoms with Gasteiger partial charge in [-0.15, -0.1) is 0 Å². The molecule has 1 aromatic rings. The fourth-order valence-electron chi connectivity index (χ4n) is 2.02. The van der Waals surface area contributed by atoms with Gasteiger partial charge in [-0.1, -0.05) is 6.07 Å². The zero-order chi connectivity index (χ0) is 12.1. The van der Waals surface area contributed by atoms with Crippen LogP contribution in [-0.2, 0) is 0 Å². The average molecular weight is 235 g/mol. The van der Waals surface area contributed by atoms with Crippen LogP contribution in [0, 0.1) is 0 Å². The summed E-state index contributed by atoms with van der Waals surface area (Å²) in [5.41, 5.74) is 0.267. The zero-order valence-electron chi connectivity index (χ0n) is 9.76. The summed E-state index contributed by atoms with van der Waals surface area (Å²) < 4.78 is 5.55. The Bertz CT molecular complexity index is 386. The second-order valence-electron chi connectivity index (χ2n) is 4.23. The van der Waals surface area contributed by atoms with Gasteiger partial charge in [0.25, 0.3) is 0 Å². The highest BCUT2D eigenvalue weighted by molar-refractivity contribution is 5.87. The number of hydrogen-bond donors (Lipinski definition) is 1. The molecule has 0 bridgehead atoms. The van der Waals surface area contributed by atoms with Crippen molar-refractivity contribution in [3.8, 4) is 5.75 Å². The van der Waals surface area contributed by atoms with Crippen LogP contribution in [0.25, 0.3) is 0 Å². The minimum absolute atomic E-state index is 0.267. The molecule has 4 heteroatoms. The SMILES string of the molecule is O=C(O)c1cccc(OCCN2CCCC2)c1. The first-order valence-electron chi connectivity index (χ1n) is 5.94. The van der Waals surface area contributed by atoms with E-state index in [0.29, 0.717) is 12.4 Å². The Balaban J connectivity index is 1.81. The Kier molecular flexibility index (Phi) is 3.98. The van der Waals surface area contributed by atoms with Crippen molar-refractivity contribution in [2.45, 2.75) is 12.8 Å². The van der Waals surface area contributed by atoms with E-state index in [9.17, 15) is 4.79 Å². The molecule has 1 heterocycles. The fourth-order valence-corrected chi connectivity index (χ4v) is 2.02. The number of nitrogens with zero attached hydrogens (tertiary/aromatic N) is 1. The van der Waals surface area contributed by atoms with Crippen LogP contribution in [0.4, 0.5) is 0 Å². The average Bonchev–Trinajstić information content (AvgIpc) is 2.82. The smallest absolute Gasteiger partial charge is 0.335 e. The standard InChI is InChI=1S/C13H17NO3/c15-13(16)11-4-3-5-12(10-11)17-9-8-14-6-1-2-7-14/h3-5,10H,1-2,6-9H2,(H,15,16). The zero-order valence-corrected chi connectivity index (χ0v) is 9.76. The molecule has 1 saturated heterocycles. The largest absolute Gasteiger partial charge is 0.492 e. The van der Waals surface area contributed by atoms with Gasteiger partial charge in [-0.3, -0.25) is 4.90 Å². The lowest BCUT2D eigenvalue weighted by Gasteiger charge is -2.14. The number of aromatic carboxylic acids is 1. The van der Waals surface area contributed by atoms with E-state index in [0.717, 1.165) is 19.6 Å². The Hall–Kier alpha value is -1.55. The van der Waals surface area contributed by atoms with E-state index in [4.69, 9.17) is 9.84 Å². The highest BCUT2D eigenvalue weighted by Crippen LogP contribution is 2.13.